The van der Waals surface area contributed by atoms with Gasteiger partial charge in [0, 0.05) is 6.42 Å². The van der Waals surface area contributed by atoms with Crippen molar-refractivity contribution in [3.63, 3.8) is 0 Å². The SMILES string of the molecule is C=CCOC(=O)C1CC(CCC#N)CC1C. The van der Waals surface area contributed by atoms with Crippen molar-refractivity contribution in [1.29, 1.82) is 5.26 Å². The van der Waals surface area contributed by atoms with Gasteiger partial charge in [-0.05, 0) is 31.1 Å². The summed E-state index contributed by atoms with van der Waals surface area (Å²) in [6.07, 6.45) is 5.00. The Hall–Kier alpha value is -1.30. The quantitative estimate of drug-likeness (QED) is 0.529. The Bertz CT molecular complexity index is 293. The molecule has 0 heterocycles. The Balaban J connectivity index is 2.41. The first-order valence-corrected chi connectivity index (χ1v) is 5.83. The fourth-order valence-electron chi connectivity index (χ4n) is 2.46. The van der Waals surface area contributed by atoms with Crippen molar-refractivity contribution in [2.24, 2.45) is 17.8 Å². The number of nitrogens with zero attached hydrogens (tertiary/aromatic N) is 1. The minimum absolute atomic E-state index is 0.0173. The van der Waals surface area contributed by atoms with E-state index in [-0.39, 0.29) is 11.9 Å². The van der Waals surface area contributed by atoms with Crippen LogP contribution in [0.1, 0.15) is 32.6 Å². The summed E-state index contributed by atoms with van der Waals surface area (Å²) in [6, 6.07) is 2.16. The van der Waals surface area contributed by atoms with Crippen molar-refractivity contribution < 1.29 is 9.53 Å². The summed E-state index contributed by atoms with van der Waals surface area (Å²) in [5, 5.41) is 8.53. The number of rotatable bonds is 5. The zero-order chi connectivity index (χ0) is 12.0. The van der Waals surface area contributed by atoms with E-state index in [1.165, 1.54) is 0 Å². The van der Waals surface area contributed by atoms with Gasteiger partial charge in [0.15, 0.2) is 0 Å². The van der Waals surface area contributed by atoms with Crippen LogP contribution in [0, 0.1) is 29.1 Å². The van der Waals surface area contributed by atoms with Crippen molar-refractivity contribution in [3.05, 3.63) is 12.7 Å². The minimum atomic E-state index is -0.105. The molecule has 0 radical (unpaired) electrons. The molecule has 3 heteroatoms. The molecule has 3 atom stereocenters. The normalized spacial score (nSPS) is 28.4. The highest BCUT2D eigenvalue weighted by Gasteiger charge is 2.36. The van der Waals surface area contributed by atoms with Crippen LogP contribution >= 0.6 is 0 Å². The summed E-state index contributed by atoms with van der Waals surface area (Å²) in [5.41, 5.74) is 0. The molecule has 0 bridgehead atoms. The second kappa shape index (κ2) is 6.32. The average Bonchev–Trinajstić information content (AvgIpc) is 2.64. The van der Waals surface area contributed by atoms with Gasteiger partial charge in [0.05, 0.1) is 12.0 Å². The Morgan fingerprint density at radius 3 is 3.00 bits per heavy atom. The predicted octanol–water partition coefficient (Wildman–Crippen LogP) is 2.68. The molecule has 3 nitrogen and oxygen atoms in total. The zero-order valence-electron chi connectivity index (χ0n) is 9.82. The van der Waals surface area contributed by atoms with Gasteiger partial charge in [0.1, 0.15) is 6.61 Å². The summed E-state index contributed by atoms with van der Waals surface area (Å²) < 4.78 is 5.08. The van der Waals surface area contributed by atoms with E-state index in [2.05, 4.69) is 19.6 Å². The largest absolute Gasteiger partial charge is 0.461 e. The zero-order valence-corrected chi connectivity index (χ0v) is 9.82. The van der Waals surface area contributed by atoms with Crippen molar-refractivity contribution in [3.8, 4) is 6.07 Å². The van der Waals surface area contributed by atoms with Crippen LogP contribution in [0.15, 0.2) is 12.7 Å². The van der Waals surface area contributed by atoms with Gasteiger partial charge in [-0.3, -0.25) is 4.79 Å². The van der Waals surface area contributed by atoms with Gasteiger partial charge in [0.25, 0.3) is 0 Å². The molecule has 0 aromatic rings. The van der Waals surface area contributed by atoms with Crippen LogP contribution in [0.4, 0.5) is 0 Å². The third kappa shape index (κ3) is 3.37. The van der Waals surface area contributed by atoms with Crippen molar-refractivity contribution in [2.45, 2.75) is 32.6 Å². The maximum absolute atomic E-state index is 11.7. The molecule has 0 aliphatic heterocycles. The van der Waals surface area contributed by atoms with Crippen molar-refractivity contribution in [1.82, 2.24) is 0 Å². The van der Waals surface area contributed by atoms with Crippen molar-refractivity contribution in [2.75, 3.05) is 6.61 Å². The molecule has 0 spiro atoms. The maximum Gasteiger partial charge on any atom is 0.309 e. The second-order valence-electron chi connectivity index (χ2n) is 4.54. The summed E-state index contributed by atoms with van der Waals surface area (Å²) in [4.78, 5) is 11.7. The third-order valence-corrected chi connectivity index (χ3v) is 3.29. The molecule has 1 aliphatic rings. The lowest BCUT2D eigenvalue weighted by Crippen LogP contribution is -2.20. The molecule has 88 valence electrons. The van der Waals surface area contributed by atoms with Gasteiger partial charge in [-0.25, -0.2) is 0 Å². The first-order valence-electron chi connectivity index (χ1n) is 5.83. The molecule has 1 fully saturated rings. The van der Waals surface area contributed by atoms with Crippen LogP contribution in [0.3, 0.4) is 0 Å². The predicted molar refractivity (Wildman–Crippen MR) is 61.4 cm³/mol. The Labute approximate surface area is 97.1 Å². The average molecular weight is 221 g/mol. The number of hydrogen-bond donors (Lipinski definition) is 0. The minimum Gasteiger partial charge on any atom is -0.461 e. The Kier molecular flexibility index (Phi) is 5.04. The highest BCUT2D eigenvalue weighted by atomic mass is 16.5. The first kappa shape index (κ1) is 12.8. The monoisotopic (exact) mass is 221 g/mol. The Morgan fingerprint density at radius 2 is 2.38 bits per heavy atom. The molecule has 0 N–H and O–H groups in total. The number of carbonyl (C=O) groups is 1. The van der Waals surface area contributed by atoms with E-state index in [4.69, 9.17) is 10.00 Å². The van der Waals surface area contributed by atoms with Crippen LogP contribution in [0.25, 0.3) is 0 Å². The van der Waals surface area contributed by atoms with Crippen LogP contribution in [-0.4, -0.2) is 12.6 Å². The van der Waals surface area contributed by atoms with Crippen LogP contribution in [-0.2, 0) is 9.53 Å². The van der Waals surface area contributed by atoms with Gasteiger partial charge >= 0.3 is 5.97 Å². The lowest BCUT2D eigenvalue weighted by atomic mass is 9.98. The maximum atomic E-state index is 11.7. The van der Waals surface area contributed by atoms with E-state index in [1.54, 1.807) is 6.08 Å². The standard InChI is InChI=1S/C13H19NO2/c1-3-7-16-13(15)12-9-11(5-4-6-14)8-10(12)2/h3,10-12H,1,4-5,7-9H2,2H3. The van der Waals surface area contributed by atoms with Crippen LogP contribution in [0.5, 0.6) is 0 Å². The topological polar surface area (TPSA) is 50.1 Å². The first-order chi connectivity index (χ1) is 7.69. The lowest BCUT2D eigenvalue weighted by molar-refractivity contribution is -0.148. The fourth-order valence-corrected chi connectivity index (χ4v) is 2.46. The summed E-state index contributed by atoms with van der Waals surface area (Å²) in [7, 11) is 0. The van der Waals surface area contributed by atoms with Crippen LogP contribution in [0.2, 0.25) is 0 Å². The van der Waals surface area contributed by atoms with E-state index in [1.807, 2.05) is 0 Å². The summed E-state index contributed by atoms with van der Waals surface area (Å²) >= 11 is 0. The molecule has 0 aromatic heterocycles. The van der Waals surface area contributed by atoms with Gasteiger partial charge in [-0.15, -0.1) is 0 Å². The van der Waals surface area contributed by atoms with E-state index in [9.17, 15) is 4.79 Å². The smallest absolute Gasteiger partial charge is 0.309 e. The number of ether oxygens (including phenoxy) is 1. The molecule has 0 amide bonds. The van der Waals surface area contributed by atoms with E-state index >= 15 is 0 Å². The second-order valence-corrected chi connectivity index (χ2v) is 4.54. The highest BCUT2D eigenvalue weighted by molar-refractivity contribution is 5.73. The molecule has 1 aliphatic carbocycles. The van der Waals surface area contributed by atoms with Crippen molar-refractivity contribution >= 4 is 5.97 Å². The van der Waals surface area contributed by atoms with E-state index < -0.39 is 0 Å². The third-order valence-electron chi connectivity index (χ3n) is 3.29. The number of carbonyl (C=O) groups excluding carboxylic acids is 1. The number of esters is 1. The van der Waals surface area contributed by atoms with Crippen LogP contribution < -0.4 is 0 Å². The van der Waals surface area contributed by atoms with E-state index in [0.29, 0.717) is 24.9 Å². The van der Waals surface area contributed by atoms with Gasteiger partial charge in [0.2, 0.25) is 0 Å². The van der Waals surface area contributed by atoms with E-state index in [0.717, 1.165) is 19.3 Å². The molecular weight excluding hydrogens is 202 g/mol. The summed E-state index contributed by atoms with van der Waals surface area (Å²) in [6.45, 7) is 5.91. The number of hydrogen-bond acceptors (Lipinski definition) is 3. The molecule has 1 saturated carbocycles. The number of nitriles is 1. The lowest BCUT2D eigenvalue weighted by Gasteiger charge is -2.12. The summed E-state index contributed by atoms with van der Waals surface area (Å²) in [5.74, 6) is 0.799. The highest BCUT2D eigenvalue weighted by Crippen LogP contribution is 2.39. The molecule has 1 rings (SSSR count). The molecular formula is C13H19NO2. The fraction of sp³-hybridized carbons (Fsp3) is 0.692. The van der Waals surface area contributed by atoms with Gasteiger partial charge < -0.3 is 4.74 Å². The molecule has 16 heavy (non-hydrogen) atoms. The molecule has 0 aromatic carbocycles. The molecule has 0 saturated heterocycles. The Morgan fingerprint density at radius 1 is 1.62 bits per heavy atom. The molecule has 3 unspecified atom stereocenters. The van der Waals surface area contributed by atoms with Gasteiger partial charge in [-0.2, -0.15) is 5.26 Å². The van der Waals surface area contributed by atoms with Gasteiger partial charge in [-0.1, -0.05) is 19.6 Å².